The van der Waals surface area contributed by atoms with Crippen LogP contribution in [0.3, 0.4) is 0 Å². The predicted octanol–water partition coefficient (Wildman–Crippen LogP) is 3.29. The molecule has 0 bridgehead atoms. The molecule has 0 amide bonds. The van der Waals surface area contributed by atoms with Gasteiger partial charge in [0.05, 0.1) is 0 Å². The number of likely N-dealkylation sites (N-methyl/N-ethyl adjacent to an activating group) is 1. The van der Waals surface area contributed by atoms with Crippen LogP contribution in [-0.2, 0) is 6.54 Å². The number of rotatable bonds is 6. The van der Waals surface area contributed by atoms with Gasteiger partial charge in [0.15, 0.2) is 0 Å². The van der Waals surface area contributed by atoms with Gasteiger partial charge in [-0.3, -0.25) is 0 Å². The molecule has 106 valence electrons. The predicted molar refractivity (Wildman–Crippen MR) is 82.2 cm³/mol. The Morgan fingerprint density at radius 2 is 1.79 bits per heavy atom. The van der Waals surface area contributed by atoms with Gasteiger partial charge in [-0.15, -0.1) is 0 Å². The van der Waals surface area contributed by atoms with Gasteiger partial charge in [-0.05, 0) is 44.2 Å². The Bertz CT molecular complexity index is 342. The van der Waals surface area contributed by atoms with Crippen LogP contribution in [0, 0.1) is 5.92 Å². The topological polar surface area (TPSA) is 15.3 Å². The third-order valence-corrected chi connectivity index (χ3v) is 4.42. The van der Waals surface area contributed by atoms with Gasteiger partial charge < -0.3 is 10.2 Å². The molecule has 1 fully saturated rings. The van der Waals surface area contributed by atoms with Crippen LogP contribution in [0.4, 0.5) is 0 Å². The van der Waals surface area contributed by atoms with E-state index in [1.54, 1.807) is 0 Å². The Kier molecular flexibility index (Phi) is 5.87. The van der Waals surface area contributed by atoms with Crippen LogP contribution >= 0.6 is 0 Å². The van der Waals surface area contributed by atoms with Gasteiger partial charge in [0.2, 0.25) is 0 Å². The maximum absolute atomic E-state index is 3.54. The first-order valence-corrected chi connectivity index (χ1v) is 7.70. The fourth-order valence-corrected chi connectivity index (χ4v) is 2.95. The molecule has 1 aromatic rings. The zero-order valence-electron chi connectivity index (χ0n) is 12.4. The number of nitrogens with zero attached hydrogens (tertiary/aromatic N) is 1. The molecule has 1 aromatic carbocycles. The molecular weight excluding hydrogens is 232 g/mol. The number of nitrogens with one attached hydrogen (secondary N) is 1. The van der Waals surface area contributed by atoms with E-state index in [1.807, 2.05) is 0 Å². The van der Waals surface area contributed by atoms with Crippen molar-refractivity contribution in [1.29, 1.82) is 0 Å². The van der Waals surface area contributed by atoms with Gasteiger partial charge >= 0.3 is 0 Å². The Morgan fingerprint density at radius 1 is 1.11 bits per heavy atom. The van der Waals surface area contributed by atoms with E-state index < -0.39 is 0 Å². The minimum Gasteiger partial charge on any atom is -0.311 e. The van der Waals surface area contributed by atoms with Gasteiger partial charge in [0.25, 0.3) is 0 Å². The summed E-state index contributed by atoms with van der Waals surface area (Å²) < 4.78 is 0. The van der Waals surface area contributed by atoms with Crippen molar-refractivity contribution in [2.24, 2.45) is 5.92 Å². The quantitative estimate of drug-likeness (QED) is 0.790. The van der Waals surface area contributed by atoms with Crippen LogP contribution in [0.2, 0.25) is 0 Å². The van der Waals surface area contributed by atoms with Crippen molar-refractivity contribution in [2.45, 2.75) is 45.2 Å². The van der Waals surface area contributed by atoms with Crippen LogP contribution in [0.1, 0.15) is 38.2 Å². The Labute approximate surface area is 118 Å². The third kappa shape index (κ3) is 4.96. The van der Waals surface area contributed by atoms with Crippen molar-refractivity contribution < 1.29 is 0 Å². The number of hydrogen-bond donors (Lipinski definition) is 1. The second-order valence-corrected chi connectivity index (χ2v) is 6.06. The lowest BCUT2D eigenvalue weighted by Gasteiger charge is -2.33. The molecule has 1 N–H and O–H groups in total. The van der Waals surface area contributed by atoms with E-state index >= 15 is 0 Å². The highest BCUT2D eigenvalue weighted by molar-refractivity contribution is 5.14. The van der Waals surface area contributed by atoms with Crippen LogP contribution in [0.5, 0.6) is 0 Å². The molecule has 0 atom stereocenters. The maximum Gasteiger partial charge on any atom is 0.0206 e. The van der Waals surface area contributed by atoms with E-state index in [1.165, 1.54) is 31.2 Å². The monoisotopic (exact) mass is 260 g/mol. The zero-order chi connectivity index (χ0) is 13.5. The molecule has 19 heavy (non-hydrogen) atoms. The van der Waals surface area contributed by atoms with Gasteiger partial charge in [0, 0.05) is 25.7 Å². The molecule has 0 saturated heterocycles. The lowest BCUT2D eigenvalue weighted by Crippen LogP contribution is -2.38. The van der Waals surface area contributed by atoms with Crippen molar-refractivity contribution in [1.82, 2.24) is 10.2 Å². The molecule has 1 aliphatic rings. The highest BCUT2D eigenvalue weighted by Crippen LogP contribution is 2.26. The third-order valence-electron chi connectivity index (χ3n) is 4.42. The average Bonchev–Trinajstić information content (AvgIpc) is 2.45. The minimum absolute atomic E-state index is 0.815. The summed E-state index contributed by atoms with van der Waals surface area (Å²) in [5, 5.41) is 3.54. The molecule has 0 radical (unpaired) electrons. The van der Waals surface area contributed by atoms with E-state index in [4.69, 9.17) is 0 Å². The largest absolute Gasteiger partial charge is 0.311 e. The van der Waals surface area contributed by atoms with Crippen LogP contribution in [0.25, 0.3) is 0 Å². The van der Waals surface area contributed by atoms with E-state index in [-0.39, 0.29) is 0 Å². The first kappa shape index (κ1) is 14.5. The molecule has 0 aromatic heterocycles. The second-order valence-electron chi connectivity index (χ2n) is 6.06. The molecule has 1 saturated carbocycles. The van der Waals surface area contributed by atoms with Gasteiger partial charge in [0.1, 0.15) is 0 Å². The lowest BCUT2D eigenvalue weighted by atomic mass is 9.87. The molecule has 2 rings (SSSR count). The summed E-state index contributed by atoms with van der Waals surface area (Å²) in [6, 6.07) is 11.5. The fraction of sp³-hybridized carbons (Fsp3) is 0.647. The van der Waals surface area contributed by atoms with E-state index in [2.05, 4.69) is 54.5 Å². The summed E-state index contributed by atoms with van der Waals surface area (Å²) in [4.78, 5) is 2.55. The SMILES string of the molecule is CC1CCC(N(C)CCNCc2ccccc2)CC1. The van der Waals surface area contributed by atoms with E-state index in [9.17, 15) is 0 Å². The Morgan fingerprint density at radius 3 is 2.47 bits per heavy atom. The lowest BCUT2D eigenvalue weighted by molar-refractivity contribution is 0.171. The first-order chi connectivity index (χ1) is 9.25. The highest BCUT2D eigenvalue weighted by Gasteiger charge is 2.20. The van der Waals surface area contributed by atoms with E-state index in [0.717, 1.165) is 31.6 Å². The summed E-state index contributed by atoms with van der Waals surface area (Å²) in [5.41, 5.74) is 1.37. The van der Waals surface area contributed by atoms with Crippen molar-refractivity contribution >= 4 is 0 Å². The molecule has 2 nitrogen and oxygen atoms in total. The Hall–Kier alpha value is -0.860. The summed E-state index contributed by atoms with van der Waals surface area (Å²) in [7, 11) is 2.28. The molecule has 2 heteroatoms. The molecule has 1 aliphatic carbocycles. The van der Waals surface area contributed by atoms with Crippen molar-refractivity contribution in [3.05, 3.63) is 35.9 Å². The summed E-state index contributed by atoms with van der Waals surface area (Å²) in [5.74, 6) is 0.945. The van der Waals surface area contributed by atoms with Gasteiger partial charge in [-0.25, -0.2) is 0 Å². The summed E-state index contributed by atoms with van der Waals surface area (Å²) in [6.45, 7) is 5.61. The number of benzene rings is 1. The van der Waals surface area contributed by atoms with Gasteiger partial charge in [-0.2, -0.15) is 0 Å². The molecule has 0 heterocycles. The fourth-order valence-electron chi connectivity index (χ4n) is 2.95. The molecule has 0 unspecified atom stereocenters. The van der Waals surface area contributed by atoms with Gasteiger partial charge in [-0.1, -0.05) is 37.3 Å². The normalized spacial score (nSPS) is 23.7. The smallest absolute Gasteiger partial charge is 0.0206 e. The second kappa shape index (κ2) is 7.66. The Balaban J connectivity index is 1.60. The maximum atomic E-state index is 3.54. The van der Waals surface area contributed by atoms with Crippen molar-refractivity contribution in [3.63, 3.8) is 0 Å². The highest BCUT2D eigenvalue weighted by atomic mass is 15.1. The molecule has 0 spiro atoms. The van der Waals surface area contributed by atoms with Crippen LogP contribution < -0.4 is 5.32 Å². The van der Waals surface area contributed by atoms with Crippen molar-refractivity contribution in [2.75, 3.05) is 20.1 Å². The van der Waals surface area contributed by atoms with E-state index in [0.29, 0.717) is 0 Å². The molecular formula is C17H28N2. The summed E-state index contributed by atoms with van der Waals surface area (Å²) in [6.07, 6.45) is 5.59. The molecule has 0 aliphatic heterocycles. The minimum atomic E-state index is 0.815. The number of hydrogen-bond acceptors (Lipinski definition) is 2. The first-order valence-electron chi connectivity index (χ1n) is 7.70. The standard InChI is InChI=1S/C17H28N2/c1-15-8-10-17(11-9-15)19(2)13-12-18-14-16-6-4-3-5-7-16/h3-7,15,17-18H,8-14H2,1-2H3. The van der Waals surface area contributed by atoms with Crippen LogP contribution in [0.15, 0.2) is 30.3 Å². The van der Waals surface area contributed by atoms with Crippen LogP contribution in [-0.4, -0.2) is 31.1 Å². The average molecular weight is 260 g/mol. The zero-order valence-corrected chi connectivity index (χ0v) is 12.4. The van der Waals surface area contributed by atoms with Crippen molar-refractivity contribution in [3.8, 4) is 0 Å². The summed E-state index contributed by atoms with van der Waals surface area (Å²) >= 11 is 0.